The number of hydrogen-bond donors (Lipinski definition) is 1. The molecule has 0 aliphatic carbocycles. The number of rotatable bonds is 3. The van der Waals surface area contributed by atoms with Crippen LogP contribution in [0, 0.1) is 6.92 Å². The number of oxazole rings is 1. The molecule has 0 radical (unpaired) electrons. The average Bonchev–Trinajstić information content (AvgIpc) is 2.92. The zero-order valence-electron chi connectivity index (χ0n) is 12.0. The third-order valence-electron chi connectivity index (χ3n) is 3.34. The van der Waals surface area contributed by atoms with Gasteiger partial charge in [0.1, 0.15) is 11.6 Å². The highest BCUT2D eigenvalue weighted by molar-refractivity contribution is 5.94. The summed E-state index contributed by atoms with van der Waals surface area (Å²) in [5.41, 5.74) is 3.27. The fourth-order valence-corrected chi connectivity index (χ4v) is 2.12. The lowest BCUT2D eigenvalue weighted by atomic mass is 10.1. The van der Waals surface area contributed by atoms with Crippen LogP contribution in [0.4, 0.5) is 0 Å². The number of carbonyl (C=O) groups excluding carboxylic acids is 1. The molecule has 4 nitrogen and oxygen atoms in total. The highest BCUT2D eigenvalue weighted by Crippen LogP contribution is 2.19. The maximum Gasteiger partial charge on any atom is 0.251 e. The molecule has 1 N–H and O–H groups in total. The van der Waals surface area contributed by atoms with Crippen molar-refractivity contribution in [3.63, 3.8) is 0 Å². The van der Waals surface area contributed by atoms with Crippen LogP contribution in [-0.4, -0.2) is 10.9 Å². The number of nitrogens with zero attached hydrogens (tertiary/aromatic N) is 1. The van der Waals surface area contributed by atoms with Gasteiger partial charge in [0.05, 0.1) is 0 Å². The number of carbonyl (C=O) groups is 1. The maximum absolute atomic E-state index is 12.2. The predicted molar refractivity (Wildman–Crippen MR) is 81.1 cm³/mol. The number of nitrogens with one attached hydrogen (secondary N) is 1. The van der Waals surface area contributed by atoms with E-state index < -0.39 is 0 Å². The van der Waals surface area contributed by atoms with Crippen molar-refractivity contribution < 1.29 is 9.21 Å². The molecular weight excluding hydrogens is 264 g/mol. The van der Waals surface area contributed by atoms with E-state index in [1.54, 1.807) is 0 Å². The number of fused-ring (bicyclic) bond motifs is 1. The van der Waals surface area contributed by atoms with Gasteiger partial charge >= 0.3 is 0 Å². The smallest absolute Gasteiger partial charge is 0.251 e. The summed E-state index contributed by atoms with van der Waals surface area (Å²) in [4.78, 5) is 16.6. The van der Waals surface area contributed by atoms with Crippen LogP contribution >= 0.6 is 0 Å². The van der Waals surface area contributed by atoms with Crippen molar-refractivity contribution in [1.82, 2.24) is 10.3 Å². The van der Waals surface area contributed by atoms with Gasteiger partial charge < -0.3 is 9.73 Å². The first-order valence-corrected chi connectivity index (χ1v) is 6.86. The molecule has 1 amide bonds. The molecule has 0 aliphatic rings. The number of amides is 1. The standard InChI is InChI=1S/C17H16N2O2/c1-11-7-9-13(10-8-11)16(20)18-12(2)17-19-14-5-3-4-6-15(14)21-17/h3-10,12H,1-2H3,(H,18,20). The minimum Gasteiger partial charge on any atom is -0.438 e. The van der Waals surface area contributed by atoms with Gasteiger partial charge in [0, 0.05) is 5.56 Å². The van der Waals surface area contributed by atoms with Crippen LogP contribution in [0.15, 0.2) is 52.9 Å². The van der Waals surface area contributed by atoms with Crippen molar-refractivity contribution >= 4 is 17.0 Å². The van der Waals surface area contributed by atoms with Gasteiger partial charge in [0.2, 0.25) is 5.89 Å². The summed E-state index contributed by atoms with van der Waals surface area (Å²) in [6, 6.07) is 14.7. The summed E-state index contributed by atoms with van der Waals surface area (Å²) in [5.74, 6) is 0.376. The lowest BCUT2D eigenvalue weighted by Gasteiger charge is -2.10. The normalized spacial score (nSPS) is 12.3. The minimum absolute atomic E-state index is 0.134. The Morgan fingerprint density at radius 1 is 1.14 bits per heavy atom. The Morgan fingerprint density at radius 2 is 1.86 bits per heavy atom. The van der Waals surface area contributed by atoms with Crippen LogP contribution in [0.2, 0.25) is 0 Å². The van der Waals surface area contributed by atoms with Crippen molar-refractivity contribution in [2.75, 3.05) is 0 Å². The quantitative estimate of drug-likeness (QED) is 0.797. The second-order valence-corrected chi connectivity index (χ2v) is 5.08. The molecule has 1 atom stereocenters. The SMILES string of the molecule is Cc1ccc(C(=O)NC(C)c2nc3ccccc3o2)cc1. The maximum atomic E-state index is 12.2. The third kappa shape index (κ3) is 2.79. The Kier molecular flexibility index (Phi) is 3.44. The van der Waals surface area contributed by atoms with Gasteiger partial charge in [-0.2, -0.15) is 0 Å². The second kappa shape index (κ2) is 5.40. The Bertz CT molecular complexity index is 742. The fourth-order valence-electron chi connectivity index (χ4n) is 2.12. The van der Waals surface area contributed by atoms with Gasteiger partial charge in [-0.25, -0.2) is 4.98 Å². The number of hydrogen-bond acceptors (Lipinski definition) is 3. The monoisotopic (exact) mass is 280 g/mol. The number of benzene rings is 2. The van der Waals surface area contributed by atoms with E-state index in [-0.39, 0.29) is 11.9 Å². The van der Waals surface area contributed by atoms with E-state index in [1.165, 1.54) is 0 Å². The van der Waals surface area contributed by atoms with Crippen LogP contribution in [0.1, 0.15) is 34.8 Å². The van der Waals surface area contributed by atoms with Crippen LogP contribution in [0.3, 0.4) is 0 Å². The summed E-state index contributed by atoms with van der Waals surface area (Å²) in [5, 5.41) is 2.90. The van der Waals surface area contributed by atoms with Crippen molar-refractivity contribution in [3.05, 3.63) is 65.5 Å². The lowest BCUT2D eigenvalue weighted by Crippen LogP contribution is -2.26. The minimum atomic E-state index is -0.286. The van der Waals surface area contributed by atoms with E-state index in [1.807, 2.05) is 62.4 Å². The van der Waals surface area contributed by atoms with Gasteiger partial charge in [-0.3, -0.25) is 4.79 Å². The molecule has 4 heteroatoms. The number of aromatic nitrogens is 1. The molecule has 1 aromatic heterocycles. The molecule has 21 heavy (non-hydrogen) atoms. The Balaban J connectivity index is 1.77. The summed E-state index contributed by atoms with van der Waals surface area (Å²) in [6.07, 6.45) is 0. The zero-order valence-corrected chi connectivity index (χ0v) is 12.0. The largest absolute Gasteiger partial charge is 0.438 e. The lowest BCUT2D eigenvalue weighted by molar-refractivity contribution is 0.0934. The predicted octanol–water partition coefficient (Wildman–Crippen LogP) is 3.63. The first-order chi connectivity index (χ1) is 10.1. The van der Waals surface area contributed by atoms with Gasteiger partial charge in [-0.15, -0.1) is 0 Å². The van der Waals surface area contributed by atoms with Crippen LogP contribution in [0.25, 0.3) is 11.1 Å². The fraction of sp³-hybridized carbons (Fsp3) is 0.176. The summed E-state index contributed by atoms with van der Waals surface area (Å²) in [7, 11) is 0. The second-order valence-electron chi connectivity index (χ2n) is 5.08. The van der Waals surface area contributed by atoms with Gasteiger partial charge in [0.25, 0.3) is 5.91 Å². The van der Waals surface area contributed by atoms with E-state index >= 15 is 0 Å². The van der Waals surface area contributed by atoms with Gasteiger partial charge in [-0.1, -0.05) is 29.8 Å². The van der Waals surface area contributed by atoms with Crippen molar-refractivity contribution in [2.24, 2.45) is 0 Å². The molecule has 1 unspecified atom stereocenters. The Labute approximate surface area is 122 Å². The summed E-state index contributed by atoms with van der Waals surface area (Å²) in [6.45, 7) is 3.85. The molecule has 106 valence electrons. The molecule has 0 aliphatic heterocycles. The van der Waals surface area contributed by atoms with E-state index in [0.717, 1.165) is 16.7 Å². The molecule has 0 spiro atoms. The van der Waals surface area contributed by atoms with E-state index in [2.05, 4.69) is 10.3 Å². The number of aryl methyl sites for hydroxylation is 1. The highest BCUT2D eigenvalue weighted by atomic mass is 16.3. The van der Waals surface area contributed by atoms with E-state index in [9.17, 15) is 4.79 Å². The molecule has 1 heterocycles. The zero-order chi connectivity index (χ0) is 14.8. The van der Waals surface area contributed by atoms with Gasteiger partial charge in [0.15, 0.2) is 5.58 Å². The highest BCUT2D eigenvalue weighted by Gasteiger charge is 2.16. The third-order valence-corrected chi connectivity index (χ3v) is 3.34. The molecule has 0 fully saturated rings. The average molecular weight is 280 g/mol. The first kappa shape index (κ1) is 13.4. The van der Waals surface area contributed by atoms with Crippen LogP contribution in [-0.2, 0) is 0 Å². The molecule has 0 bridgehead atoms. The summed E-state index contributed by atoms with van der Waals surface area (Å²) < 4.78 is 5.66. The Morgan fingerprint density at radius 3 is 2.57 bits per heavy atom. The van der Waals surface area contributed by atoms with E-state index in [0.29, 0.717) is 11.5 Å². The molecule has 3 rings (SSSR count). The van der Waals surface area contributed by atoms with Crippen LogP contribution < -0.4 is 5.32 Å². The Hall–Kier alpha value is -2.62. The number of para-hydroxylation sites is 2. The first-order valence-electron chi connectivity index (χ1n) is 6.86. The van der Waals surface area contributed by atoms with Gasteiger partial charge in [-0.05, 0) is 38.1 Å². The molecule has 0 saturated heterocycles. The summed E-state index contributed by atoms with van der Waals surface area (Å²) >= 11 is 0. The van der Waals surface area contributed by atoms with Crippen molar-refractivity contribution in [1.29, 1.82) is 0 Å². The molecule has 0 saturated carbocycles. The van der Waals surface area contributed by atoms with Crippen molar-refractivity contribution in [3.8, 4) is 0 Å². The van der Waals surface area contributed by atoms with E-state index in [4.69, 9.17) is 4.42 Å². The molecular formula is C17H16N2O2. The van der Waals surface area contributed by atoms with Crippen LogP contribution in [0.5, 0.6) is 0 Å². The molecule has 2 aromatic carbocycles. The van der Waals surface area contributed by atoms with Crippen molar-refractivity contribution in [2.45, 2.75) is 19.9 Å². The molecule has 3 aromatic rings. The topological polar surface area (TPSA) is 55.1 Å².